The van der Waals surface area contributed by atoms with Gasteiger partial charge in [0.2, 0.25) is 5.91 Å². The van der Waals surface area contributed by atoms with Crippen molar-refractivity contribution in [2.75, 3.05) is 5.32 Å². The van der Waals surface area contributed by atoms with Crippen LogP contribution in [0.3, 0.4) is 0 Å². The Bertz CT molecular complexity index is 672. The van der Waals surface area contributed by atoms with E-state index in [0.29, 0.717) is 17.7 Å². The summed E-state index contributed by atoms with van der Waals surface area (Å²) in [7, 11) is 0. The molecule has 0 fully saturated rings. The summed E-state index contributed by atoms with van der Waals surface area (Å²) < 4.78 is 0. The molecule has 0 aromatic heterocycles. The van der Waals surface area contributed by atoms with Crippen LogP contribution in [0.15, 0.2) is 72.3 Å². The Morgan fingerprint density at radius 3 is 2.22 bits per heavy atom. The van der Waals surface area contributed by atoms with E-state index in [9.17, 15) is 9.59 Å². The lowest BCUT2D eigenvalue weighted by molar-refractivity contribution is -0.117. The lowest BCUT2D eigenvalue weighted by Crippen LogP contribution is -2.43. The van der Waals surface area contributed by atoms with E-state index in [1.54, 1.807) is 42.5 Å². The molecular formula is C18H17ClN2O2. The third-order valence-electron chi connectivity index (χ3n) is 3.16. The molecule has 2 N–H and O–H groups in total. The van der Waals surface area contributed by atoms with Crippen LogP contribution in [0.1, 0.15) is 16.8 Å². The van der Waals surface area contributed by atoms with E-state index >= 15 is 0 Å². The van der Waals surface area contributed by atoms with Crippen LogP contribution in [-0.2, 0) is 4.79 Å². The van der Waals surface area contributed by atoms with Crippen molar-refractivity contribution in [3.05, 3.63) is 77.8 Å². The third-order valence-corrected chi connectivity index (χ3v) is 3.34. The molecule has 0 aliphatic rings. The quantitative estimate of drug-likeness (QED) is 0.851. The smallest absolute Gasteiger partial charge is 0.251 e. The van der Waals surface area contributed by atoms with Gasteiger partial charge in [-0.2, -0.15) is 0 Å². The second-order valence-corrected chi connectivity index (χ2v) is 5.10. The maximum Gasteiger partial charge on any atom is 0.251 e. The van der Waals surface area contributed by atoms with Gasteiger partial charge in [0.25, 0.3) is 5.91 Å². The molecule has 0 aliphatic carbocycles. The number of carbonyl (C=O) groups excluding carboxylic acids is 2. The van der Waals surface area contributed by atoms with Gasteiger partial charge in [-0.1, -0.05) is 54.1 Å². The molecule has 0 aliphatic heterocycles. The van der Waals surface area contributed by atoms with E-state index < -0.39 is 6.04 Å². The van der Waals surface area contributed by atoms with E-state index in [0.717, 1.165) is 0 Å². The highest BCUT2D eigenvalue weighted by molar-refractivity contribution is 6.25. The van der Waals surface area contributed by atoms with Crippen molar-refractivity contribution in [2.45, 2.75) is 12.5 Å². The molecule has 23 heavy (non-hydrogen) atoms. The molecule has 0 saturated heterocycles. The highest BCUT2D eigenvalue weighted by Gasteiger charge is 2.20. The summed E-state index contributed by atoms with van der Waals surface area (Å²) in [4.78, 5) is 24.6. The summed E-state index contributed by atoms with van der Waals surface area (Å²) in [5.74, 6) is -0.600. The summed E-state index contributed by atoms with van der Waals surface area (Å²) in [6.45, 7) is 0. The first kappa shape index (κ1) is 16.8. The van der Waals surface area contributed by atoms with Gasteiger partial charge >= 0.3 is 0 Å². The molecule has 2 amide bonds. The van der Waals surface area contributed by atoms with Crippen LogP contribution < -0.4 is 10.6 Å². The number of halogens is 1. The molecule has 4 nitrogen and oxygen atoms in total. The predicted molar refractivity (Wildman–Crippen MR) is 92.4 cm³/mol. The van der Waals surface area contributed by atoms with E-state index in [4.69, 9.17) is 11.6 Å². The minimum atomic E-state index is -0.710. The second-order valence-electron chi connectivity index (χ2n) is 4.84. The minimum absolute atomic E-state index is 0.296. The summed E-state index contributed by atoms with van der Waals surface area (Å²) in [6.07, 6.45) is 1.93. The third kappa shape index (κ3) is 5.27. The van der Waals surface area contributed by atoms with E-state index in [1.165, 1.54) is 5.54 Å². The van der Waals surface area contributed by atoms with Crippen LogP contribution in [0, 0.1) is 0 Å². The zero-order chi connectivity index (χ0) is 16.5. The molecule has 2 aromatic carbocycles. The Labute approximate surface area is 140 Å². The molecule has 2 rings (SSSR count). The Balaban J connectivity index is 2.07. The van der Waals surface area contributed by atoms with Gasteiger partial charge in [-0.25, -0.2) is 0 Å². The average Bonchev–Trinajstić information content (AvgIpc) is 2.60. The number of carbonyl (C=O) groups is 2. The Morgan fingerprint density at radius 1 is 1.00 bits per heavy atom. The number of amides is 2. The maximum absolute atomic E-state index is 12.4. The molecule has 2 aromatic rings. The van der Waals surface area contributed by atoms with Gasteiger partial charge in [0.15, 0.2) is 0 Å². The van der Waals surface area contributed by atoms with Crippen LogP contribution in [0.2, 0.25) is 0 Å². The first-order chi connectivity index (χ1) is 11.2. The fraction of sp³-hybridized carbons (Fsp3) is 0.111. The van der Waals surface area contributed by atoms with Crippen LogP contribution in [0.4, 0.5) is 5.69 Å². The van der Waals surface area contributed by atoms with Crippen molar-refractivity contribution in [3.8, 4) is 0 Å². The molecule has 1 atom stereocenters. The molecule has 0 bridgehead atoms. The Hall–Kier alpha value is -2.59. The van der Waals surface area contributed by atoms with E-state index in [1.807, 2.05) is 24.3 Å². The number of anilines is 1. The van der Waals surface area contributed by atoms with Crippen molar-refractivity contribution in [1.29, 1.82) is 0 Å². The standard InChI is InChI=1S/C18H17ClN2O2/c19-13-7-12-16(18(23)20-15-10-5-2-6-11-15)21-17(22)14-8-3-1-4-9-14/h1-11,13,16H,12H2,(H,20,23)(H,21,22)/b13-7+/t16-/m0/s1. The van der Waals surface area contributed by atoms with E-state index in [-0.39, 0.29) is 11.8 Å². The second kappa shape index (κ2) is 8.76. The molecule has 5 heteroatoms. The fourth-order valence-electron chi connectivity index (χ4n) is 2.00. The summed E-state index contributed by atoms with van der Waals surface area (Å²) in [6, 6.07) is 17.1. The molecule has 0 spiro atoms. The van der Waals surface area contributed by atoms with Gasteiger partial charge in [0.05, 0.1) is 0 Å². The molecule has 0 heterocycles. The van der Waals surface area contributed by atoms with Gasteiger partial charge < -0.3 is 10.6 Å². The van der Waals surface area contributed by atoms with Crippen LogP contribution in [-0.4, -0.2) is 17.9 Å². The first-order valence-electron chi connectivity index (χ1n) is 7.18. The lowest BCUT2D eigenvalue weighted by atomic mass is 10.1. The van der Waals surface area contributed by atoms with Crippen molar-refractivity contribution in [3.63, 3.8) is 0 Å². The van der Waals surface area contributed by atoms with Gasteiger partial charge in [0.1, 0.15) is 6.04 Å². The molecular weight excluding hydrogens is 312 g/mol. The topological polar surface area (TPSA) is 58.2 Å². The first-order valence-corrected chi connectivity index (χ1v) is 7.61. The number of hydrogen-bond donors (Lipinski definition) is 2. The molecule has 0 radical (unpaired) electrons. The number of rotatable bonds is 6. The summed E-state index contributed by atoms with van der Waals surface area (Å²) >= 11 is 5.54. The van der Waals surface area contributed by atoms with Crippen LogP contribution in [0.25, 0.3) is 0 Å². The lowest BCUT2D eigenvalue weighted by Gasteiger charge is -2.17. The molecule has 0 saturated carbocycles. The average molecular weight is 329 g/mol. The van der Waals surface area contributed by atoms with Crippen molar-refractivity contribution < 1.29 is 9.59 Å². The Kier molecular flexibility index (Phi) is 6.39. The highest BCUT2D eigenvalue weighted by Crippen LogP contribution is 2.08. The van der Waals surface area contributed by atoms with Crippen molar-refractivity contribution in [1.82, 2.24) is 5.32 Å². The number of benzene rings is 2. The van der Waals surface area contributed by atoms with Gasteiger partial charge in [-0.05, 0) is 30.7 Å². The number of nitrogens with one attached hydrogen (secondary N) is 2. The van der Waals surface area contributed by atoms with Crippen LogP contribution >= 0.6 is 11.6 Å². The predicted octanol–water partition coefficient (Wildman–Crippen LogP) is 3.57. The van der Waals surface area contributed by atoms with Crippen molar-refractivity contribution in [2.24, 2.45) is 0 Å². The SMILES string of the molecule is O=C(N[C@@H](C/C=C/Cl)C(=O)Nc1ccccc1)c1ccccc1. The minimum Gasteiger partial charge on any atom is -0.340 e. The van der Waals surface area contributed by atoms with Gasteiger partial charge in [-0.15, -0.1) is 0 Å². The molecule has 0 unspecified atom stereocenters. The van der Waals surface area contributed by atoms with Gasteiger partial charge in [-0.3, -0.25) is 9.59 Å². The zero-order valence-corrected chi connectivity index (χ0v) is 13.2. The Morgan fingerprint density at radius 2 is 1.61 bits per heavy atom. The fourth-order valence-corrected chi connectivity index (χ4v) is 2.10. The zero-order valence-electron chi connectivity index (χ0n) is 12.4. The number of para-hydroxylation sites is 1. The number of hydrogen-bond acceptors (Lipinski definition) is 2. The maximum atomic E-state index is 12.4. The van der Waals surface area contributed by atoms with Gasteiger partial charge in [0, 0.05) is 16.8 Å². The summed E-state index contributed by atoms with van der Waals surface area (Å²) in [5, 5.41) is 5.50. The van der Waals surface area contributed by atoms with E-state index in [2.05, 4.69) is 10.6 Å². The normalized spacial score (nSPS) is 11.9. The van der Waals surface area contributed by atoms with Crippen molar-refractivity contribution >= 4 is 29.1 Å². The highest BCUT2D eigenvalue weighted by atomic mass is 35.5. The summed E-state index contributed by atoms with van der Waals surface area (Å²) in [5.41, 5.74) is 2.50. The largest absolute Gasteiger partial charge is 0.340 e. The van der Waals surface area contributed by atoms with Crippen LogP contribution in [0.5, 0.6) is 0 Å². The monoisotopic (exact) mass is 328 g/mol. The molecule has 118 valence electrons.